The zero-order valence-corrected chi connectivity index (χ0v) is 16.3. The van der Waals surface area contributed by atoms with Crippen LogP contribution in [0.3, 0.4) is 0 Å². The van der Waals surface area contributed by atoms with Gasteiger partial charge >= 0.3 is 0 Å². The standard InChI is InChI=1S/C18H22N2O6S/c1-24-15-10-9-13(16(25-2)17(15)26-3)18(21)19-11-12-7-5-6-8-14(12)20-27(4,22)23/h5-10,20H,11H2,1-4H3,(H,19,21). The minimum absolute atomic E-state index is 0.120. The van der Waals surface area contributed by atoms with Gasteiger partial charge in [0.25, 0.3) is 5.91 Å². The first-order chi connectivity index (χ1) is 12.8. The number of hydrogen-bond donors (Lipinski definition) is 2. The molecular formula is C18H22N2O6S. The van der Waals surface area contributed by atoms with E-state index in [4.69, 9.17) is 14.2 Å². The summed E-state index contributed by atoms with van der Waals surface area (Å²) in [6, 6.07) is 9.98. The number of benzene rings is 2. The lowest BCUT2D eigenvalue weighted by atomic mass is 10.1. The first-order valence-electron chi connectivity index (χ1n) is 7.93. The molecule has 146 valence electrons. The van der Waals surface area contributed by atoms with E-state index in [2.05, 4.69) is 10.0 Å². The topological polar surface area (TPSA) is 103 Å². The van der Waals surface area contributed by atoms with Gasteiger partial charge in [-0.05, 0) is 23.8 Å². The van der Waals surface area contributed by atoms with E-state index in [1.54, 1.807) is 36.4 Å². The van der Waals surface area contributed by atoms with Gasteiger partial charge in [-0.15, -0.1) is 0 Å². The van der Waals surface area contributed by atoms with Crippen molar-refractivity contribution in [3.05, 3.63) is 47.5 Å². The largest absolute Gasteiger partial charge is 0.493 e. The number of anilines is 1. The number of carbonyl (C=O) groups is 1. The lowest BCUT2D eigenvalue weighted by Gasteiger charge is -2.16. The summed E-state index contributed by atoms with van der Waals surface area (Å²) < 4.78 is 41.2. The Bertz CT molecular complexity index is 927. The second-order valence-electron chi connectivity index (χ2n) is 5.60. The van der Waals surface area contributed by atoms with Gasteiger partial charge in [0.1, 0.15) is 0 Å². The van der Waals surface area contributed by atoms with Crippen LogP contribution in [0, 0.1) is 0 Å². The molecule has 8 nitrogen and oxygen atoms in total. The zero-order valence-electron chi connectivity index (χ0n) is 15.5. The third kappa shape index (κ3) is 5.04. The highest BCUT2D eigenvalue weighted by atomic mass is 32.2. The lowest BCUT2D eigenvalue weighted by Crippen LogP contribution is -2.24. The second-order valence-corrected chi connectivity index (χ2v) is 7.34. The summed E-state index contributed by atoms with van der Waals surface area (Å²) in [6.45, 7) is 0.120. The van der Waals surface area contributed by atoms with Crippen LogP contribution in [-0.4, -0.2) is 41.9 Å². The van der Waals surface area contributed by atoms with Crippen LogP contribution >= 0.6 is 0 Å². The maximum absolute atomic E-state index is 12.6. The lowest BCUT2D eigenvalue weighted by molar-refractivity contribution is 0.0947. The van der Waals surface area contributed by atoms with E-state index in [1.165, 1.54) is 21.3 Å². The molecule has 0 radical (unpaired) electrons. The number of ether oxygens (including phenoxy) is 3. The molecule has 0 spiro atoms. The molecule has 0 aliphatic heterocycles. The molecule has 27 heavy (non-hydrogen) atoms. The van der Waals surface area contributed by atoms with E-state index in [-0.39, 0.29) is 17.9 Å². The Balaban J connectivity index is 2.25. The zero-order chi connectivity index (χ0) is 20.0. The summed E-state index contributed by atoms with van der Waals surface area (Å²) in [7, 11) is 0.941. The molecule has 9 heteroatoms. The fraction of sp³-hybridized carbons (Fsp3) is 0.278. The molecule has 0 unspecified atom stereocenters. The predicted molar refractivity (Wildman–Crippen MR) is 102 cm³/mol. The summed E-state index contributed by atoms with van der Waals surface area (Å²) in [6.07, 6.45) is 1.07. The van der Waals surface area contributed by atoms with Gasteiger partial charge in [-0.3, -0.25) is 9.52 Å². The Morgan fingerprint density at radius 2 is 1.63 bits per heavy atom. The Labute approximate surface area is 158 Å². The van der Waals surface area contributed by atoms with Crippen LogP contribution in [0.25, 0.3) is 0 Å². The van der Waals surface area contributed by atoms with Crippen molar-refractivity contribution in [1.82, 2.24) is 5.32 Å². The molecule has 2 N–H and O–H groups in total. The van der Waals surface area contributed by atoms with E-state index in [0.717, 1.165) is 6.26 Å². The van der Waals surface area contributed by atoms with Gasteiger partial charge in [0.2, 0.25) is 15.8 Å². The van der Waals surface area contributed by atoms with E-state index >= 15 is 0 Å². The third-order valence-corrected chi connectivity index (χ3v) is 4.29. The molecule has 0 saturated heterocycles. The average Bonchev–Trinajstić information content (AvgIpc) is 2.64. The number of para-hydroxylation sites is 1. The van der Waals surface area contributed by atoms with Crippen LogP contribution in [0.4, 0.5) is 5.69 Å². The SMILES string of the molecule is COc1ccc(C(=O)NCc2ccccc2NS(C)(=O)=O)c(OC)c1OC. The van der Waals surface area contributed by atoms with Gasteiger partial charge in [-0.2, -0.15) is 0 Å². The highest BCUT2D eigenvalue weighted by Crippen LogP contribution is 2.39. The average molecular weight is 394 g/mol. The molecule has 0 aliphatic rings. The van der Waals surface area contributed by atoms with Crippen LogP contribution in [-0.2, 0) is 16.6 Å². The maximum atomic E-state index is 12.6. The maximum Gasteiger partial charge on any atom is 0.255 e. The quantitative estimate of drug-likeness (QED) is 0.710. The summed E-state index contributed by atoms with van der Waals surface area (Å²) in [5.74, 6) is 0.597. The number of rotatable bonds is 8. The van der Waals surface area contributed by atoms with Crippen molar-refractivity contribution in [3.63, 3.8) is 0 Å². The second kappa shape index (κ2) is 8.63. The number of sulfonamides is 1. The molecule has 2 aromatic rings. The Hall–Kier alpha value is -2.94. The van der Waals surface area contributed by atoms with Gasteiger partial charge in [0, 0.05) is 6.54 Å². The molecule has 2 rings (SSSR count). The highest BCUT2D eigenvalue weighted by Gasteiger charge is 2.20. The summed E-state index contributed by atoms with van der Waals surface area (Å²) in [5.41, 5.74) is 1.29. The Kier molecular flexibility index (Phi) is 6.51. The Morgan fingerprint density at radius 1 is 0.963 bits per heavy atom. The van der Waals surface area contributed by atoms with E-state index in [9.17, 15) is 13.2 Å². The predicted octanol–water partition coefficient (Wildman–Crippen LogP) is 2.01. The van der Waals surface area contributed by atoms with Crippen LogP contribution < -0.4 is 24.2 Å². The number of nitrogens with one attached hydrogen (secondary N) is 2. The van der Waals surface area contributed by atoms with Crippen molar-refractivity contribution < 1.29 is 27.4 Å². The molecule has 0 fully saturated rings. The van der Waals surface area contributed by atoms with Crippen molar-refractivity contribution in [2.75, 3.05) is 32.3 Å². The van der Waals surface area contributed by atoms with Crippen molar-refractivity contribution in [2.45, 2.75) is 6.54 Å². The van der Waals surface area contributed by atoms with Crippen LogP contribution in [0.5, 0.6) is 17.2 Å². The summed E-state index contributed by atoms with van der Waals surface area (Å²) in [5, 5.41) is 2.75. The minimum Gasteiger partial charge on any atom is -0.493 e. The van der Waals surface area contributed by atoms with Crippen molar-refractivity contribution in [2.24, 2.45) is 0 Å². The number of carbonyl (C=O) groups excluding carboxylic acids is 1. The van der Waals surface area contributed by atoms with Crippen LogP contribution in [0.2, 0.25) is 0 Å². The van der Waals surface area contributed by atoms with Crippen LogP contribution in [0.15, 0.2) is 36.4 Å². The van der Waals surface area contributed by atoms with Gasteiger partial charge < -0.3 is 19.5 Å². The fourth-order valence-electron chi connectivity index (χ4n) is 2.52. The molecule has 0 bridgehead atoms. The Morgan fingerprint density at radius 3 is 2.22 bits per heavy atom. The highest BCUT2D eigenvalue weighted by molar-refractivity contribution is 7.92. The molecule has 0 aliphatic carbocycles. The number of amides is 1. The first kappa shape index (κ1) is 20.4. The van der Waals surface area contributed by atoms with Gasteiger partial charge in [-0.1, -0.05) is 18.2 Å². The fourth-order valence-corrected chi connectivity index (χ4v) is 3.12. The molecule has 0 aromatic heterocycles. The molecule has 0 heterocycles. The normalized spacial score (nSPS) is 10.8. The minimum atomic E-state index is -3.43. The van der Waals surface area contributed by atoms with Crippen molar-refractivity contribution >= 4 is 21.6 Å². The molecule has 1 amide bonds. The van der Waals surface area contributed by atoms with E-state index in [0.29, 0.717) is 22.7 Å². The van der Waals surface area contributed by atoms with E-state index in [1.807, 2.05) is 0 Å². The van der Waals surface area contributed by atoms with E-state index < -0.39 is 15.9 Å². The van der Waals surface area contributed by atoms with Crippen molar-refractivity contribution in [1.29, 1.82) is 0 Å². The monoisotopic (exact) mass is 394 g/mol. The molecule has 0 saturated carbocycles. The summed E-state index contributed by atoms with van der Waals surface area (Å²) in [4.78, 5) is 12.6. The van der Waals surface area contributed by atoms with Crippen molar-refractivity contribution in [3.8, 4) is 17.2 Å². The summed E-state index contributed by atoms with van der Waals surface area (Å²) >= 11 is 0. The number of hydrogen-bond acceptors (Lipinski definition) is 6. The smallest absolute Gasteiger partial charge is 0.255 e. The van der Waals surface area contributed by atoms with Gasteiger partial charge in [0.05, 0.1) is 38.8 Å². The third-order valence-electron chi connectivity index (χ3n) is 3.70. The first-order valence-corrected chi connectivity index (χ1v) is 9.82. The molecule has 0 atom stereocenters. The number of methoxy groups -OCH3 is 3. The van der Waals surface area contributed by atoms with Gasteiger partial charge in [0.15, 0.2) is 11.5 Å². The molecule has 2 aromatic carbocycles. The van der Waals surface area contributed by atoms with Gasteiger partial charge in [-0.25, -0.2) is 8.42 Å². The molecular weight excluding hydrogens is 372 g/mol. The van der Waals surface area contributed by atoms with Crippen LogP contribution in [0.1, 0.15) is 15.9 Å².